The summed E-state index contributed by atoms with van der Waals surface area (Å²) in [5.41, 5.74) is 1.26. The van der Waals surface area contributed by atoms with Gasteiger partial charge in [-0.3, -0.25) is 0 Å². The fourth-order valence-electron chi connectivity index (χ4n) is 2.03. The van der Waals surface area contributed by atoms with E-state index in [-0.39, 0.29) is 6.54 Å². The number of nitrogens with one attached hydrogen (secondary N) is 3. The van der Waals surface area contributed by atoms with E-state index in [2.05, 4.69) is 20.6 Å². The minimum Gasteiger partial charge on any atom is -0.391 e. The van der Waals surface area contributed by atoms with Crippen LogP contribution in [0.4, 0.5) is 19.3 Å². The fourth-order valence-corrected chi connectivity index (χ4v) is 2.03. The molecule has 0 aliphatic rings. The molecule has 4 N–H and O–H groups in total. The van der Waals surface area contributed by atoms with Crippen molar-refractivity contribution in [3.8, 4) is 0 Å². The van der Waals surface area contributed by atoms with E-state index >= 15 is 0 Å². The lowest BCUT2D eigenvalue weighted by Gasteiger charge is -2.11. The summed E-state index contributed by atoms with van der Waals surface area (Å²) in [7, 11) is 0. The molecule has 0 saturated heterocycles. The lowest BCUT2D eigenvalue weighted by atomic mass is 10.2. The number of amides is 2. The van der Waals surface area contributed by atoms with Crippen molar-refractivity contribution in [3.05, 3.63) is 24.0 Å². The van der Waals surface area contributed by atoms with Gasteiger partial charge >= 0.3 is 6.03 Å². The largest absolute Gasteiger partial charge is 0.391 e. The zero-order chi connectivity index (χ0) is 16.1. The SMILES string of the molecule is CCCC(O)CNC(=O)Nc1ccc2nc(C(F)F)[nH]c2c1. The summed E-state index contributed by atoms with van der Waals surface area (Å²) in [5.74, 6) is -0.403. The third-order valence-electron chi connectivity index (χ3n) is 3.08. The number of imidazole rings is 1. The first-order valence-corrected chi connectivity index (χ1v) is 7.00. The van der Waals surface area contributed by atoms with Crippen LogP contribution in [-0.2, 0) is 0 Å². The second-order valence-corrected chi connectivity index (χ2v) is 4.93. The molecule has 0 aliphatic heterocycles. The molecule has 0 saturated carbocycles. The first-order chi connectivity index (χ1) is 10.5. The van der Waals surface area contributed by atoms with Crippen LogP contribution < -0.4 is 10.6 Å². The second kappa shape index (κ2) is 7.17. The molecule has 1 aromatic heterocycles. The Labute approximate surface area is 125 Å². The van der Waals surface area contributed by atoms with Crippen molar-refractivity contribution in [1.82, 2.24) is 15.3 Å². The summed E-state index contributed by atoms with van der Waals surface area (Å²) in [6.45, 7) is 2.10. The number of nitrogens with zero attached hydrogens (tertiary/aromatic N) is 1. The monoisotopic (exact) mass is 312 g/mol. The van der Waals surface area contributed by atoms with Crippen LogP contribution >= 0.6 is 0 Å². The van der Waals surface area contributed by atoms with Crippen molar-refractivity contribution in [3.63, 3.8) is 0 Å². The van der Waals surface area contributed by atoms with Gasteiger partial charge in [0.1, 0.15) is 0 Å². The topological polar surface area (TPSA) is 90.0 Å². The number of anilines is 1. The summed E-state index contributed by atoms with van der Waals surface area (Å²) in [4.78, 5) is 17.9. The van der Waals surface area contributed by atoms with Crippen LogP contribution in [0.25, 0.3) is 11.0 Å². The maximum absolute atomic E-state index is 12.6. The van der Waals surface area contributed by atoms with Crippen molar-refractivity contribution in [1.29, 1.82) is 0 Å². The van der Waals surface area contributed by atoms with Crippen LogP contribution in [0.5, 0.6) is 0 Å². The van der Waals surface area contributed by atoms with Crippen LogP contribution in [-0.4, -0.2) is 33.8 Å². The van der Waals surface area contributed by atoms with Gasteiger partial charge in [0.15, 0.2) is 5.82 Å². The number of fused-ring (bicyclic) bond motifs is 1. The number of hydrogen-bond acceptors (Lipinski definition) is 3. The lowest BCUT2D eigenvalue weighted by molar-refractivity contribution is 0.142. The summed E-state index contributed by atoms with van der Waals surface area (Å²) >= 11 is 0. The number of urea groups is 1. The summed E-state index contributed by atoms with van der Waals surface area (Å²) in [6.07, 6.45) is -1.82. The molecule has 0 bridgehead atoms. The molecule has 0 spiro atoms. The predicted octanol–water partition coefficient (Wildman–Crippen LogP) is 2.78. The van der Waals surface area contributed by atoms with Crippen LogP contribution in [0, 0.1) is 0 Å². The lowest BCUT2D eigenvalue weighted by Crippen LogP contribution is -2.35. The summed E-state index contributed by atoms with van der Waals surface area (Å²) in [6, 6.07) is 4.17. The Balaban J connectivity index is 1.97. The van der Waals surface area contributed by atoms with Gasteiger partial charge in [-0.25, -0.2) is 18.6 Å². The molecule has 1 heterocycles. The van der Waals surface area contributed by atoms with Crippen LogP contribution in [0.15, 0.2) is 18.2 Å². The molecule has 120 valence electrons. The molecule has 0 fully saturated rings. The normalized spacial score (nSPS) is 12.6. The number of alkyl halides is 2. The van der Waals surface area contributed by atoms with Crippen LogP contribution in [0.2, 0.25) is 0 Å². The quantitative estimate of drug-likeness (QED) is 0.661. The molecule has 1 atom stereocenters. The van der Waals surface area contributed by atoms with Gasteiger partial charge < -0.3 is 20.7 Å². The van der Waals surface area contributed by atoms with E-state index in [4.69, 9.17) is 0 Å². The van der Waals surface area contributed by atoms with E-state index < -0.39 is 24.4 Å². The Morgan fingerprint density at radius 3 is 2.91 bits per heavy atom. The first-order valence-electron chi connectivity index (χ1n) is 7.00. The van der Waals surface area contributed by atoms with E-state index in [1.807, 2.05) is 6.92 Å². The van der Waals surface area contributed by atoms with Gasteiger partial charge in [0.05, 0.1) is 17.1 Å². The number of aromatic amines is 1. The smallest absolute Gasteiger partial charge is 0.319 e. The second-order valence-electron chi connectivity index (χ2n) is 4.93. The number of rotatable bonds is 6. The number of carbonyl (C=O) groups is 1. The third-order valence-corrected chi connectivity index (χ3v) is 3.08. The predicted molar refractivity (Wildman–Crippen MR) is 79.0 cm³/mol. The summed E-state index contributed by atoms with van der Waals surface area (Å²) in [5, 5.41) is 14.6. The molecule has 1 unspecified atom stereocenters. The van der Waals surface area contributed by atoms with Crippen LogP contribution in [0.3, 0.4) is 0 Å². The van der Waals surface area contributed by atoms with E-state index in [0.717, 1.165) is 6.42 Å². The molecule has 8 heteroatoms. The summed E-state index contributed by atoms with van der Waals surface area (Å²) < 4.78 is 25.1. The molecule has 2 amide bonds. The van der Waals surface area contributed by atoms with Gasteiger partial charge in [-0.1, -0.05) is 13.3 Å². The number of carbonyl (C=O) groups excluding carboxylic acids is 1. The van der Waals surface area contributed by atoms with Crippen molar-refractivity contribution in [2.75, 3.05) is 11.9 Å². The number of H-pyrrole nitrogens is 1. The fraction of sp³-hybridized carbons (Fsp3) is 0.429. The van der Waals surface area contributed by atoms with Gasteiger partial charge in [-0.2, -0.15) is 0 Å². The van der Waals surface area contributed by atoms with Crippen molar-refractivity contribution in [2.24, 2.45) is 0 Å². The molecule has 22 heavy (non-hydrogen) atoms. The Kier molecular flexibility index (Phi) is 5.26. The highest BCUT2D eigenvalue weighted by molar-refractivity contribution is 5.91. The Bertz CT molecular complexity index is 645. The highest BCUT2D eigenvalue weighted by atomic mass is 19.3. The number of aliphatic hydroxyl groups is 1. The van der Waals surface area contributed by atoms with E-state index in [1.54, 1.807) is 12.1 Å². The van der Waals surface area contributed by atoms with Crippen LogP contribution in [0.1, 0.15) is 32.0 Å². The molecule has 1 aromatic carbocycles. The van der Waals surface area contributed by atoms with E-state index in [1.165, 1.54) is 6.07 Å². The number of hydrogen-bond donors (Lipinski definition) is 4. The maximum Gasteiger partial charge on any atom is 0.319 e. The number of aliphatic hydroxyl groups excluding tert-OH is 1. The molecule has 0 radical (unpaired) electrons. The van der Waals surface area contributed by atoms with Crippen molar-refractivity contribution < 1.29 is 18.7 Å². The Hall–Kier alpha value is -2.22. The number of aromatic nitrogens is 2. The van der Waals surface area contributed by atoms with Gasteiger partial charge in [0, 0.05) is 12.2 Å². The molecule has 2 rings (SSSR count). The minimum atomic E-state index is -2.67. The first kappa shape index (κ1) is 16.2. The minimum absolute atomic E-state index is 0.154. The number of benzene rings is 1. The van der Waals surface area contributed by atoms with Gasteiger partial charge in [0.2, 0.25) is 0 Å². The third kappa shape index (κ3) is 4.14. The number of halogens is 2. The molecule has 2 aromatic rings. The van der Waals surface area contributed by atoms with Gasteiger partial charge in [-0.15, -0.1) is 0 Å². The molecule has 6 nitrogen and oxygen atoms in total. The Morgan fingerprint density at radius 1 is 1.45 bits per heavy atom. The molecular formula is C14H18F2N4O2. The highest BCUT2D eigenvalue weighted by Crippen LogP contribution is 2.22. The van der Waals surface area contributed by atoms with Gasteiger partial charge in [-0.05, 0) is 24.6 Å². The standard InChI is InChI=1S/C14H18F2N4O2/c1-2-3-9(21)7-17-14(22)18-8-4-5-10-11(6-8)20-13(19-10)12(15)16/h4-6,9,12,21H,2-3,7H2,1H3,(H,19,20)(H2,17,18,22). The molecule has 0 aliphatic carbocycles. The zero-order valence-electron chi connectivity index (χ0n) is 12.1. The van der Waals surface area contributed by atoms with E-state index in [0.29, 0.717) is 23.1 Å². The highest BCUT2D eigenvalue weighted by Gasteiger charge is 2.13. The van der Waals surface area contributed by atoms with Crippen molar-refractivity contribution in [2.45, 2.75) is 32.3 Å². The zero-order valence-corrected chi connectivity index (χ0v) is 12.1. The Morgan fingerprint density at radius 2 is 2.23 bits per heavy atom. The maximum atomic E-state index is 12.6. The van der Waals surface area contributed by atoms with Gasteiger partial charge in [0.25, 0.3) is 6.43 Å². The van der Waals surface area contributed by atoms with E-state index in [9.17, 15) is 18.7 Å². The van der Waals surface area contributed by atoms with Crippen molar-refractivity contribution >= 4 is 22.8 Å². The average molecular weight is 312 g/mol. The average Bonchev–Trinajstić information content (AvgIpc) is 2.89. The molecular weight excluding hydrogens is 294 g/mol.